The van der Waals surface area contributed by atoms with E-state index in [9.17, 15) is 0 Å². The minimum absolute atomic E-state index is 0. The lowest BCUT2D eigenvalue weighted by atomic mass is 10.1. The summed E-state index contributed by atoms with van der Waals surface area (Å²) >= 11 is 0. The van der Waals surface area contributed by atoms with Gasteiger partial charge in [0, 0.05) is 38.8 Å². The van der Waals surface area contributed by atoms with Crippen LogP contribution in [0.1, 0.15) is 40.0 Å². The van der Waals surface area contributed by atoms with Gasteiger partial charge in [-0.25, -0.2) is 0 Å². The zero-order valence-corrected chi connectivity index (χ0v) is 16.5. The SMILES string of the molecule is CN=C(NCCNC(C)(C)C)NCCN1CCCCC1.I. The van der Waals surface area contributed by atoms with E-state index >= 15 is 0 Å². The second-order valence-corrected chi connectivity index (χ2v) is 6.50. The molecule has 0 spiro atoms. The molecule has 1 aliphatic heterocycles. The van der Waals surface area contributed by atoms with Gasteiger partial charge in [0.1, 0.15) is 0 Å². The Morgan fingerprint density at radius 2 is 1.62 bits per heavy atom. The van der Waals surface area contributed by atoms with E-state index in [1.54, 1.807) is 0 Å². The molecule has 0 aliphatic carbocycles. The Bertz CT molecular complexity index is 282. The highest BCUT2D eigenvalue weighted by atomic mass is 127. The lowest BCUT2D eigenvalue weighted by Gasteiger charge is -2.26. The maximum absolute atomic E-state index is 4.25. The van der Waals surface area contributed by atoms with Gasteiger partial charge in [-0.05, 0) is 46.7 Å². The fraction of sp³-hybridized carbons (Fsp3) is 0.933. The Labute approximate surface area is 147 Å². The molecular weight excluding hydrogens is 377 g/mol. The number of likely N-dealkylation sites (tertiary alicyclic amines) is 1. The molecule has 1 aliphatic rings. The lowest BCUT2D eigenvalue weighted by Crippen LogP contribution is -2.46. The summed E-state index contributed by atoms with van der Waals surface area (Å²) in [4.78, 5) is 6.79. The van der Waals surface area contributed by atoms with Gasteiger partial charge in [-0.3, -0.25) is 4.99 Å². The van der Waals surface area contributed by atoms with Gasteiger partial charge in [0.05, 0.1) is 0 Å². The van der Waals surface area contributed by atoms with E-state index in [0.717, 1.165) is 32.1 Å². The van der Waals surface area contributed by atoms with Gasteiger partial charge in [0.25, 0.3) is 0 Å². The summed E-state index contributed by atoms with van der Waals surface area (Å²) in [6.45, 7) is 13.0. The summed E-state index contributed by atoms with van der Waals surface area (Å²) in [6.07, 6.45) is 4.10. The smallest absolute Gasteiger partial charge is 0.191 e. The van der Waals surface area contributed by atoms with Crippen molar-refractivity contribution in [2.45, 2.75) is 45.6 Å². The van der Waals surface area contributed by atoms with Crippen LogP contribution < -0.4 is 16.0 Å². The average Bonchev–Trinajstić information content (AvgIpc) is 2.41. The van der Waals surface area contributed by atoms with E-state index in [1.165, 1.54) is 32.4 Å². The molecule has 21 heavy (non-hydrogen) atoms. The van der Waals surface area contributed by atoms with Crippen LogP contribution in [0.15, 0.2) is 4.99 Å². The molecule has 0 saturated carbocycles. The van der Waals surface area contributed by atoms with Crippen LogP contribution in [0.3, 0.4) is 0 Å². The van der Waals surface area contributed by atoms with Gasteiger partial charge in [-0.1, -0.05) is 6.42 Å². The minimum atomic E-state index is 0. The molecule has 1 heterocycles. The van der Waals surface area contributed by atoms with Crippen LogP contribution in [-0.2, 0) is 0 Å². The monoisotopic (exact) mass is 411 g/mol. The van der Waals surface area contributed by atoms with Gasteiger partial charge < -0.3 is 20.9 Å². The third-order valence-electron chi connectivity index (χ3n) is 3.47. The number of halogens is 1. The van der Waals surface area contributed by atoms with E-state index in [4.69, 9.17) is 0 Å². The summed E-state index contributed by atoms with van der Waals surface area (Å²) in [5.41, 5.74) is 0.174. The minimum Gasteiger partial charge on any atom is -0.355 e. The fourth-order valence-corrected chi connectivity index (χ4v) is 2.35. The first-order valence-corrected chi connectivity index (χ1v) is 7.93. The number of aliphatic imine (C=N–C) groups is 1. The molecule has 0 bridgehead atoms. The summed E-state index contributed by atoms with van der Waals surface area (Å²) in [7, 11) is 1.83. The van der Waals surface area contributed by atoms with Gasteiger partial charge >= 0.3 is 0 Å². The first-order chi connectivity index (χ1) is 9.51. The summed E-state index contributed by atoms with van der Waals surface area (Å²) in [6, 6.07) is 0. The number of guanidine groups is 1. The van der Waals surface area contributed by atoms with Gasteiger partial charge in [-0.2, -0.15) is 0 Å². The van der Waals surface area contributed by atoms with Crippen LogP contribution in [0.5, 0.6) is 0 Å². The number of nitrogens with one attached hydrogen (secondary N) is 3. The molecule has 0 atom stereocenters. The third-order valence-corrected chi connectivity index (χ3v) is 3.47. The molecule has 0 aromatic carbocycles. The second-order valence-electron chi connectivity index (χ2n) is 6.50. The van der Waals surface area contributed by atoms with Gasteiger partial charge in [0.15, 0.2) is 5.96 Å². The molecule has 126 valence electrons. The third kappa shape index (κ3) is 11.2. The van der Waals surface area contributed by atoms with E-state index in [-0.39, 0.29) is 29.5 Å². The predicted molar refractivity (Wildman–Crippen MR) is 103 cm³/mol. The number of nitrogens with zero attached hydrogens (tertiary/aromatic N) is 2. The van der Waals surface area contributed by atoms with Crippen molar-refractivity contribution in [1.29, 1.82) is 0 Å². The zero-order valence-electron chi connectivity index (χ0n) is 14.2. The van der Waals surface area contributed by atoms with Crippen LogP contribution >= 0.6 is 24.0 Å². The topological polar surface area (TPSA) is 51.7 Å². The number of hydrogen-bond acceptors (Lipinski definition) is 3. The summed E-state index contributed by atoms with van der Waals surface area (Å²) in [5.74, 6) is 0.901. The summed E-state index contributed by atoms with van der Waals surface area (Å²) < 4.78 is 0. The molecule has 1 fully saturated rings. The Kier molecular flexibility index (Phi) is 11.4. The molecule has 0 unspecified atom stereocenters. The normalized spacial score (nSPS) is 17.2. The van der Waals surface area contributed by atoms with Crippen LogP contribution in [0.4, 0.5) is 0 Å². The van der Waals surface area contributed by atoms with Crippen molar-refractivity contribution in [3.8, 4) is 0 Å². The highest BCUT2D eigenvalue weighted by Gasteiger charge is 2.10. The van der Waals surface area contributed by atoms with Crippen LogP contribution in [-0.4, -0.2) is 62.7 Å². The largest absolute Gasteiger partial charge is 0.355 e. The van der Waals surface area contributed by atoms with Gasteiger partial charge in [0.2, 0.25) is 0 Å². The molecule has 3 N–H and O–H groups in total. The van der Waals surface area contributed by atoms with Crippen molar-refractivity contribution in [2.24, 2.45) is 4.99 Å². The average molecular weight is 411 g/mol. The van der Waals surface area contributed by atoms with Crippen LogP contribution in [0.2, 0.25) is 0 Å². The predicted octanol–water partition coefficient (Wildman–Crippen LogP) is 1.64. The molecule has 0 aromatic heterocycles. The van der Waals surface area contributed by atoms with E-state index in [1.807, 2.05) is 7.05 Å². The number of rotatable bonds is 6. The molecule has 0 radical (unpaired) electrons. The van der Waals surface area contributed by atoms with Crippen molar-refractivity contribution in [1.82, 2.24) is 20.9 Å². The Morgan fingerprint density at radius 3 is 2.19 bits per heavy atom. The lowest BCUT2D eigenvalue weighted by molar-refractivity contribution is 0.232. The first kappa shape index (κ1) is 20.9. The van der Waals surface area contributed by atoms with Crippen molar-refractivity contribution < 1.29 is 0 Å². The highest BCUT2D eigenvalue weighted by molar-refractivity contribution is 14.0. The zero-order chi connectivity index (χ0) is 14.8. The molecule has 6 heteroatoms. The van der Waals surface area contributed by atoms with E-state index in [2.05, 4.69) is 46.6 Å². The molecule has 0 aromatic rings. The number of piperidine rings is 1. The molecule has 1 rings (SSSR count). The Morgan fingerprint density at radius 1 is 1.00 bits per heavy atom. The Balaban J connectivity index is 0.00000400. The molecular formula is C15H34IN5. The molecule has 1 saturated heterocycles. The van der Waals surface area contributed by atoms with Crippen molar-refractivity contribution in [3.05, 3.63) is 0 Å². The quantitative estimate of drug-likeness (QED) is 0.269. The molecule has 0 amide bonds. The van der Waals surface area contributed by atoms with Crippen LogP contribution in [0, 0.1) is 0 Å². The summed E-state index contributed by atoms with van der Waals surface area (Å²) in [5, 5.41) is 10.2. The van der Waals surface area contributed by atoms with E-state index < -0.39 is 0 Å². The Hall–Kier alpha value is -0.0800. The fourth-order valence-electron chi connectivity index (χ4n) is 2.35. The molecule has 5 nitrogen and oxygen atoms in total. The van der Waals surface area contributed by atoms with Gasteiger partial charge in [-0.15, -0.1) is 24.0 Å². The van der Waals surface area contributed by atoms with Crippen LogP contribution in [0.25, 0.3) is 0 Å². The second kappa shape index (κ2) is 11.5. The van der Waals surface area contributed by atoms with Crippen molar-refractivity contribution >= 4 is 29.9 Å². The maximum Gasteiger partial charge on any atom is 0.191 e. The standard InChI is InChI=1S/C15H33N5.HI/c1-15(2,3)19-9-8-17-14(16-4)18-10-13-20-11-6-5-7-12-20;/h19H,5-13H2,1-4H3,(H2,16,17,18);1H. The highest BCUT2D eigenvalue weighted by Crippen LogP contribution is 2.07. The first-order valence-electron chi connectivity index (χ1n) is 7.93. The van der Waals surface area contributed by atoms with E-state index in [0.29, 0.717) is 0 Å². The maximum atomic E-state index is 4.25. The number of hydrogen-bond donors (Lipinski definition) is 3. The van der Waals surface area contributed by atoms with Crippen molar-refractivity contribution in [3.63, 3.8) is 0 Å². The van der Waals surface area contributed by atoms with Crippen molar-refractivity contribution in [2.75, 3.05) is 46.3 Å².